The van der Waals surface area contributed by atoms with E-state index in [1.807, 2.05) is 12.1 Å². The maximum Gasteiger partial charge on any atom is 0.0678 e. The molecule has 106 valence electrons. The zero-order valence-electron chi connectivity index (χ0n) is 11.3. The molecule has 0 unspecified atom stereocenters. The normalized spacial score (nSPS) is 26.4. The van der Waals surface area contributed by atoms with Gasteiger partial charge in [-0.05, 0) is 37.6 Å². The number of nitrogens with zero attached hydrogens (tertiary/aromatic N) is 1. The molecule has 0 radical (unpaired) electrons. The molecule has 1 fully saturated rings. The minimum Gasteiger partial charge on any atom is -0.373 e. The molecule has 0 aromatic heterocycles. The van der Waals surface area contributed by atoms with E-state index in [1.165, 1.54) is 0 Å². The Kier molecular flexibility index (Phi) is 5.09. The Bertz CT molecular complexity index is 411. The molecule has 1 aliphatic rings. The van der Waals surface area contributed by atoms with Crippen molar-refractivity contribution in [2.24, 2.45) is 5.73 Å². The fourth-order valence-corrected chi connectivity index (χ4v) is 3.28. The quantitative estimate of drug-likeness (QED) is 0.932. The Hall–Kier alpha value is -0.320. The van der Waals surface area contributed by atoms with Gasteiger partial charge in [-0.25, -0.2) is 0 Å². The molecule has 1 aromatic rings. The van der Waals surface area contributed by atoms with Crippen LogP contribution in [0.5, 0.6) is 0 Å². The third-order valence-corrected chi connectivity index (χ3v) is 3.82. The number of rotatable bonds is 3. The molecule has 0 spiro atoms. The van der Waals surface area contributed by atoms with Gasteiger partial charge in [-0.3, -0.25) is 4.90 Å². The summed E-state index contributed by atoms with van der Waals surface area (Å²) in [6, 6.07) is 5.75. The number of nitrogens with two attached hydrogens (primary N) is 1. The van der Waals surface area contributed by atoms with Gasteiger partial charge < -0.3 is 10.5 Å². The van der Waals surface area contributed by atoms with Crippen LogP contribution in [0, 0.1) is 0 Å². The van der Waals surface area contributed by atoms with Crippen LogP contribution in [0.15, 0.2) is 18.2 Å². The SMILES string of the molecule is C[C@@H]1CN([C@@H](CN)c2cc(Cl)cc(Cl)c2)C[C@H](C)O1. The van der Waals surface area contributed by atoms with Crippen molar-refractivity contribution in [1.29, 1.82) is 0 Å². The van der Waals surface area contributed by atoms with Crippen molar-refractivity contribution in [2.75, 3.05) is 19.6 Å². The predicted octanol–water partition coefficient (Wildman–Crippen LogP) is 3.10. The minimum atomic E-state index is 0.130. The summed E-state index contributed by atoms with van der Waals surface area (Å²) in [4.78, 5) is 2.35. The van der Waals surface area contributed by atoms with Crippen LogP contribution in [0.2, 0.25) is 10.0 Å². The van der Waals surface area contributed by atoms with Crippen LogP contribution in [0.25, 0.3) is 0 Å². The molecular weight excluding hydrogens is 283 g/mol. The molecule has 19 heavy (non-hydrogen) atoms. The van der Waals surface area contributed by atoms with Gasteiger partial charge in [0.2, 0.25) is 0 Å². The Morgan fingerprint density at radius 3 is 2.21 bits per heavy atom. The second-order valence-corrected chi connectivity index (χ2v) is 6.04. The van der Waals surface area contributed by atoms with Crippen molar-refractivity contribution in [3.8, 4) is 0 Å². The van der Waals surface area contributed by atoms with Gasteiger partial charge in [0.15, 0.2) is 0 Å². The average molecular weight is 303 g/mol. The Balaban J connectivity index is 2.23. The number of benzene rings is 1. The van der Waals surface area contributed by atoms with E-state index in [-0.39, 0.29) is 18.2 Å². The second-order valence-electron chi connectivity index (χ2n) is 5.17. The van der Waals surface area contributed by atoms with Crippen molar-refractivity contribution in [3.63, 3.8) is 0 Å². The molecule has 2 N–H and O–H groups in total. The van der Waals surface area contributed by atoms with Crippen LogP contribution in [0.1, 0.15) is 25.5 Å². The minimum absolute atomic E-state index is 0.130. The molecule has 1 saturated heterocycles. The van der Waals surface area contributed by atoms with Crippen molar-refractivity contribution >= 4 is 23.2 Å². The summed E-state index contributed by atoms with van der Waals surface area (Å²) >= 11 is 12.2. The second kappa shape index (κ2) is 6.42. The molecule has 0 saturated carbocycles. The summed E-state index contributed by atoms with van der Waals surface area (Å²) < 4.78 is 5.76. The van der Waals surface area contributed by atoms with Crippen molar-refractivity contribution in [1.82, 2.24) is 4.90 Å². The average Bonchev–Trinajstić information content (AvgIpc) is 2.27. The fraction of sp³-hybridized carbons (Fsp3) is 0.571. The molecule has 3 nitrogen and oxygen atoms in total. The molecule has 0 amide bonds. The van der Waals surface area contributed by atoms with Crippen LogP contribution in [0.3, 0.4) is 0 Å². The van der Waals surface area contributed by atoms with Crippen molar-refractivity contribution < 1.29 is 4.74 Å². The number of ether oxygens (including phenoxy) is 1. The summed E-state index contributed by atoms with van der Waals surface area (Å²) in [6.07, 6.45) is 0.430. The first-order valence-corrected chi connectivity index (χ1v) is 7.30. The lowest BCUT2D eigenvalue weighted by Gasteiger charge is -2.40. The largest absolute Gasteiger partial charge is 0.373 e. The molecule has 5 heteroatoms. The van der Waals surface area contributed by atoms with Gasteiger partial charge in [0.05, 0.1) is 12.2 Å². The van der Waals surface area contributed by atoms with E-state index in [1.54, 1.807) is 6.07 Å². The summed E-state index contributed by atoms with van der Waals surface area (Å²) in [7, 11) is 0. The Morgan fingerprint density at radius 1 is 1.21 bits per heavy atom. The van der Waals surface area contributed by atoms with E-state index in [0.29, 0.717) is 16.6 Å². The lowest BCUT2D eigenvalue weighted by molar-refractivity contribution is -0.0799. The first-order chi connectivity index (χ1) is 8.99. The van der Waals surface area contributed by atoms with E-state index in [0.717, 1.165) is 18.7 Å². The van der Waals surface area contributed by atoms with Crippen LogP contribution >= 0.6 is 23.2 Å². The van der Waals surface area contributed by atoms with Gasteiger partial charge in [-0.2, -0.15) is 0 Å². The van der Waals surface area contributed by atoms with Crippen molar-refractivity contribution in [2.45, 2.75) is 32.1 Å². The molecule has 0 bridgehead atoms. The monoisotopic (exact) mass is 302 g/mol. The maximum atomic E-state index is 6.08. The zero-order valence-corrected chi connectivity index (χ0v) is 12.8. The first-order valence-electron chi connectivity index (χ1n) is 6.55. The van der Waals surface area contributed by atoms with Crippen LogP contribution in [0.4, 0.5) is 0 Å². The van der Waals surface area contributed by atoms with Crippen LogP contribution < -0.4 is 5.73 Å². The summed E-state index contributed by atoms with van der Waals surface area (Å²) in [5, 5.41) is 1.30. The molecule has 1 heterocycles. The molecule has 0 aliphatic carbocycles. The fourth-order valence-electron chi connectivity index (χ4n) is 2.74. The molecule has 1 aromatic carbocycles. The highest BCUT2D eigenvalue weighted by Gasteiger charge is 2.28. The lowest BCUT2D eigenvalue weighted by atomic mass is 10.0. The van der Waals surface area contributed by atoms with E-state index in [9.17, 15) is 0 Å². The standard InChI is InChI=1S/C14H20Cl2N2O/c1-9-7-18(8-10(2)19-9)14(6-17)11-3-12(15)5-13(16)4-11/h3-5,9-10,14H,6-8,17H2,1-2H3/t9-,10+,14-/m0/s1. The van der Waals surface area contributed by atoms with Gasteiger partial charge in [0.25, 0.3) is 0 Å². The van der Waals surface area contributed by atoms with Crippen LogP contribution in [-0.2, 0) is 4.74 Å². The van der Waals surface area contributed by atoms with E-state index in [4.69, 9.17) is 33.7 Å². The Labute approximate surface area is 124 Å². The number of hydrogen-bond donors (Lipinski definition) is 1. The molecular formula is C14H20Cl2N2O. The topological polar surface area (TPSA) is 38.5 Å². The highest BCUT2D eigenvalue weighted by molar-refractivity contribution is 6.34. The highest BCUT2D eigenvalue weighted by Crippen LogP contribution is 2.28. The first kappa shape index (κ1) is 15.1. The molecule has 2 rings (SSSR count). The number of morpholine rings is 1. The van der Waals surface area contributed by atoms with Gasteiger partial charge >= 0.3 is 0 Å². The molecule has 3 atom stereocenters. The van der Waals surface area contributed by atoms with Crippen LogP contribution in [-0.4, -0.2) is 36.7 Å². The van der Waals surface area contributed by atoms with E-state index in [2.05, 4.69) is 18.7 Å². The predicted molar refractivity (Wildman–Crippen MR) is 79.8 cm³/mol. The maximum absolute atomic E-state index is 6.08. The Morgan fingerprint density at radius 2 is 1.74 bits per heavy atom. The lowest BCUT2D eigenvalue weighted by Crippen LogP contribution is -2.48. The third-order valence-electron chi connectivity index (χ3n) is 3.38. The third kappa shape index (κ3) is 3.83. The van der Waals surface area contributed by atoms with Crippen molar-refractivity contribution in [3.05, 3.63) is 33.8 Å². The summed E-state index contributed by atoms with van der Waals surface area (Å²) in [5.74, 6) is 0. The molecule has 1 aliphatic heterocycles. The van der Waals surface area contributed by atoms with Gasteiger partial charge in [0, 0.05) is 35.7 Å². The van der Waals surface area contributed by atoms with Gasteiger partial charge in [-0.15, -0.1) is 0 Å². The van der Waals surface area contributed by atoms with Gasteiger partial charge in [-0.1, -0.05) is 23.2 Å². The zero-order chi connectivity index (χ0) is 14.0. The number of halogens is 2. The highest BCUT2D eigenvalue weighted by atomic mass is 35.5. The van der Waals surface area contributed by atoms with Gasteiger partial charge in [0.1, 0.15) is 0 Å². The summed E-state index contributed by atoms with van der Waals surface area (Å²) in [6.45, 7) is 6.45. The number of hydrogen-bond acceptors (Lipinski definition) is 3. The smallest absolute Gasteiger partial charge is 0.0678 e. The van der Waals surface area contributed by atoms with E-state index >= 15 is 0 Å². The summed E-state index contributed by atoms with van der Waals surface area (Å²) in [5.41, 5.74) is 7.03. The van der Waals surface area contributed by atoms with E-state index < -0.39 is 0 Å².